The van der Waals surface area contributed by atoms with Crippen LogP contribution >= 0.6 is 0 Å². The molecule has 7 heteroatoms. The number of Topliss-reactive ketones (excluding diaryl/α,β-unsaturated/α-hetero) is 1. The van der Waals surface area contributed by atoms with E-state index in [1.165, 1.54) is 77.6 Å². The second kappa shape index (κ2) is 18.3. The molecule has 164 valence electrons. The van der Waals surface area contributed by atoms with Gasteiger partial charge in [-0.3, -0.25) is 9.35 Å². The Morgan fingerprint density at radius 3 is 1.43 bits per heavy atom. The molecule has 0 aromatic carbocycles. The predicted octanol–water partition coefficient (Wildman–Crippen LogP) is 2.54. The van der Waals surface area contributed by atoms with E-state index in [9.17, 15) is 17.8 Å². The zero-order valence-electron chi connectivity index (χ0n) is 19.7. The number of nitrogens with two attached hydrogens (primary N) is 1. The van der Waals surface area contributed by atoms with Crippen molar-refractivity contribution in [1.82, 2.24) is 0 Å². The van der Waals surface area contributed by atoms with Gasteiger partial charge in [0.2, 0.25) is 0 Å². The number of hydrogen-bond donors (Lipinski definition) is 2. The van der Waals surface area contributed by atoms with E-state index in [4.69, 9.17) is 5.73 Å². The molecule has 0 aromatic heterocycles. The summed E-state index contributed by atoms with van der Waals surface area (Å²) in [5, 5.41) is 0. The van der Waals surface area contributed by atoms with Gasteiger partial charge in [0.15, 0.2) is 10.5 Å². The van der Waals surface area contributed by atoms with Crippen LogP contribution in [0.3, 0.4) is 0 Å². The summed E-state index contributed by atoms with van der Waals surface area (Å²) in [5.74, 6) is -0.484. The number of rotatable bonds is 19. The van der Waals surface area contributed by atoms with Crippen molar-refractivity contribution in [3.05, 3.63) is 0 Å². The Morgan fingerprint density at radius 2 is 1.14 bits per heavy atom. The van der Waals surface area contributed by atoms with E-state index in [1.54, 1.807) is 0 Å². The van der Waals surface area contributed by atoms with Crippen LogP contribution in [0.2, 0.25) is 0 Å². The van der Waals surface area contributed by atoms with Gasteiger partial charge in [0.25, 0.3) is 10.1 Å². The molecular formula is C21H44NNaO4S. The van der Waals surface area contributed by atoms with Gasteiger partial charge in [-0.15, -0.1) is 0 Å². The molecule has 0 rings (SSSR count). The molecule has 0 bridgehead atoms. The largest absolute Gasteiger partial charge is 1.00 e. The summed E-state index contributed by atoms with van der Waals surface area (Å²) in [5.41, 5.74) is 5.39. The summed E-state index contributed by atoms with van der Waals surface area (Å²) in [4.78, 5) is 12.1. The topological polar surface area (TPSA) is 97.5 Å². The Balaban J connectivity index is -0.00000338. The minimum Gasteiger partial charge on any atom is -1.00 e. The molecule has 1 atom stereocenters. The van der Waals surface area contributed by atoms with E-state index in [1.807, 2.05) is 0 Å². The third kappa shape index (κ3) is 13.7. The molecule has 0 aliphatic carbocycles. The fourth-order valence-electron chi connectivity index (χ4n) is 3.28. The van der Waals surface area contributed by atoms with Crippen LogP contribution in [0.25, 0.3) is 0 Å². The number of carbonyl (C=O) groups is 1. The average Bonchev–Trinajstić information content (AvgIpc) is 2.62. The number of ketones is 1. The number of unbranched alkanes of at least 4 members (excludes halogenated alkanes) is 14. The summed E-state index contributed by atoms with van der Waals surface area (Å²) in [6.07, 6.45) is 18.7. The van der Waals surface area contributed by atoms with Crippen molar-refractivity contribution < 1.29 is 48.7 Å². The Labute approximate surface area is 197 Å². The molecule has 0 radical (unpaired) electrons. The van der Waals surface area contributed by atoms with Crippen LogP contribution in [0, 0.1) is 0 Å². The van der Waals surface area contributed by atoms with Crippen molar-refractivity contribution in [2.24, 2.45) is 5.73 Å². The first-order valence-electron chi connectivity index (χ1n) is 11.0. The van der Waals surface area contributed by atoms with Gasteiger partial charge < -0.3 is 7.16 Å². The average molecular weight is 430 g/mol. The normalized spacial score (nSPS) is 13.7. The van der Waals surface area contributed by atoms with Gasteiger partial charge in [-0.1, -0.05) is 96.8 Å². The van der Waals surface area contributed by atoms with Crippen molar-refractivity contribution in [2.45, 2.75) is 121 Å². The zero-order valence-corrected chi connectivity index (χ0v) is 21.5. The summed E-state index contributed by atoms with van der Waals surface area (Å²) in [7, 11) is -4.46. The van der Waals surface area contributed by atoms with Crippen LogP contribution in [-0.2, 0) is 14.9 Å². The minimum atomic E-state index is -4.46. The second-order valence-corrected chi connectivity index (χ2v) is 9.88. The van der Waals surface area contributed by atoms with E-state index >= 15 is 0 Å². The molecule has 0 heterocycles. The van der Waals surface area contributed by atoms with Crippen LogP contribution in [0.5, 0.6) is 0 Å². The number of carbonyl (C=O) groups excluding carboxylic acids is 1. The molecule has 0 saturated carbocycles. The SMILES string of the molecule is CCCCCCCCCCCCCCCCCC(=O)C(C)(CN)S(=O)(=O)O.[H-].[Na+]. The van der Waals surface area contributed by atoms with Crippen LogP contribution in [0.15, 0.2) is 0 Å². The maximum absolute atomic E-state index is 12.1. The van der Waals surface area contributed by atoms with Gasteiger partial charge in [-0.25, -0.2) is 0 Å². The Hall–Kier alpha value is 0.540. The van der Waals surface area contributed by atoms with Gasteiger partial charge in [-0.05, 0) is 13.3 Å². The molecule has 0 amide bonds. The fraction of sp³-hybridized carbons (Fsp3) is 0.952. The summed E-state index contributed by atoms with van der Waals surface area (Å²) < 4.78 is 30.0. The molecule has 5 nitrogen and oxygen atoms in total. The molecule has 0 aliphatic heterocycles. The van der Waals surface area contributed by atoms with Crippen molar-refractivity contribution in [2.75, 3.05) is 6.54 Å². The third-order valence-corrected chi connectivity index (χ3v) is 7.09. The Morgan fingerprint density at radius 1 is 0.821 bits per heavy atom. The fourth-order valence-corrected chi connectivity index (χ4v) is 3.88. The molecular weight excluding hydrogens is 385 g/mol. The van der Waals surface area contributed by atoms with Crippen molar-refractivity contribution in [1.29, 1.82) is 0 Å². The quantitative estimate of drug-likeness (QED) is 0.187. The van der Waals surface area contributed by atoms with Gasteiger partial charge >= 0.3 is 29.6 Å². The summed E-state index contributed by atoms with van der Waals surface area (Å²) in [6, 6.07) is 0. The monoisotopic (exact) mass is 429 g/mol. The molecule has 0 aliphatic rings. The van der Waals surface area contributed by atoms with Gasteiger partial charge in [0.1, 0.15) is 0 Å². The maximum Gasteiger partial charge on any atom is 1.00 e. The van der Waals surface area contributed by atoms with Gasteiger partial charge in [0.05, 0.1) is 0 Å². The standard InChI is InChI=1S/C21H43NO4S.Na.H/c1-3-4-5-6-7-8-9-10-11-12-13-14-15-16-17-18-20(23)21(2,19-22)27(24,25)26;;/h3-19,22H2,1-2H3,(H,24,25,26);;/q;+1;-1. The van der Waals surface area contributed by atoms with Crippen molar-refractivity contribution >= 4 is 15.9 Å². The smallest absolute Gasteiger partial charge is 1.00 e. The van der Waals surface area contributed by atoms with Gasteiger partial charge in [0, 0.05) is 13.0 Å². The van der Waals surface area contributed by atoms with Crippen LogP contribution in [0.4, 0.5) is 0 Å². The summed E-state index contributed by atoms with van der Waals surface area (Å²) in [6.45, 7) is 3.07. The molecule has 0 spiro atoms. The molecule has 3 N–H and O–H groups in total. The van der Waals surface area contributed by atoms with Crippen LogP contribution in [0.1, 0.15) is 118 Å². The van der Waals surface area contributed by atoms with E-state index < -0.39 is 20.6 Å². The van der Waals surface area contributed by atoms with Crippen molar-refractivity contribution in [3.8, 4) is 0 Å². The van der Waals surface area contributed by atoms with E-state index in [0.717, 1.165) is 19.3 Å². The van der Waals surface area contributed by atoms with Crippen LogP contribution in [-0.4, -0.2) is 30.0 Å². The second-order valence-electron chi connectivity index (χ2n) is 8.03. The van der Waals surface area contributed by atoms with E-state index in [-0.39, 0.29) is 43.9 Å². The number of hydrogen-bond acceptors (Lipinski definition) is 4. The van der Waals surface area contributed by atoms with E-state index in [0.29, 0.717) is 6.42 Å². The molecule has 0 fully saturated rings. The molecule has 0 aromatic rings. The first-order valence-corrected chi connectivity index (χ1v) is 12.4. The van der Waals surface area contributed by atoms with Crippen molar-refractivity contribution in [3.63, 3.8) is 0 Å². The first kappa shape index (κ1) is 30.7. The Kier molecular flexibility index (Phi) is 20.1. The third-order valence-electron chi connectivity index (χ3n) is 5.56. The van der Waals surface area contributed by atoms with Gasteiger partial charge in [-0.2, -0.15) is 8.42 Å². The molecule has 1 unspecified atom stereocenters. The molecule has 28 heavy (non-hydrogen) atoms. The maximum atomic E-state index is 12.1. The zero-order chi connectivity index (χ0) is 20.6. The first-order chi connectivity index (χ1) is 12.8. The van der Waals surface area contributed by atoms with Crippen LogP contribution < -0.4 is 35.3 Å². The van der Waals surface area contributed by atoms with E-state index in [2.05, 4.69) is 6.92 Å². The Bertz CT molecular complexity index is 491. The summed E-state index contributed by atoms with van der Waals surface area (Å²) >= 11 is 0. The predicted molar refractivity (Wildman–Crippen MR) is 115 cm³/mol. The minimum absolute atomic E-state index is 0. The molecule has 0 saturated heterocycles.